The molecule has 0 saturated heterocycles. The minimum absolute atomic E-state index is 0.192. The summed E-state index contributed by atoms with van der Waals surface area (Å²) in [5.41, 5.74) is 2.58. The van der Waals surface area contributed by atoms with Crippen LogP contribution in [0.3, 0.4) is 0 Å². The summed E-state index contributed by atoms with van der Waals surface area (Å²) in [5, 5.41) is 3.11. The number of fused-ring (bicyclic) bond motifs is 3. The lowest BCUT2D eigenvalue weighted by molar-refractivity contribution is -0.139. The highest BCUT2D eigenvalue weighted by molar-refractivity contribution is 5.94. The number of benzene rings is 2. The van der Waals surface area contributed by atoms with Crippen LogP contribution in [0.5, 0.6) is 0 Å². The number of anilines is 1. The fourth-order valence-electron chi connectivity index (χ4n) is 3.49. The Morgan fingerprint density at radius 3 is 2.63 bits per heavy atom. The highest BCUT2D eigenvalue weighted by Gasteiger charge is 2.35. The van der Waals surface area contributed by atoms with Gasteiger partial charge in [-0.25, -0.2) is 18.6 Å². The molecule has 4 rings (SSSR count). The maximum atomic E-state index is 14.0. The number of aromatic nitrogens is 2. The van der Waals surface area contributed by atoms with Crippen molar-refractivity contribution in [3.63, 3.8) is 0 Å². The van der Waals surface area contributed by atoms with Crippen LogP contribution in [0.4, 0.5) is 14.7 Å². The van der Waals surface area contributed by atoms with Gasteiger partial charge in [0.2, 0.25) is 5.95 Å². The molecule has 0 bridgehead atoms. The van der Waals surface area contributed by atoms with Gasteiger partial charge in [0.05, 0.1) is 29.3 Å². The molecule has 3 aromatic rings. The first-order chi connectivity index (χ1) is 13.0. The van der Waals surface area contributed by atoms with Crippen molar-refractivity contribution in [2.24, 2.45) is 0 Å². The SMILES string of the molecule is CCOC(=O)C1=C(C)Nc2nc3ccccc3n2[C@H]1c1cc(F)cc(F)c1. The molecule has 0 spiro atoms. The van der Waals surface area contributed by atoms with Crippen molar-refractivity contribution >= 4 is 23.0 Å². The van der Waals surface area contributed by atoms with Gasteiger partial charge < -0.3 is 10.1 Å². The van der Waals surface area contributed by atoms with Gasteiger partial charge in [0.1, 0.15) is 11.6 Å². The van der Waals surface area contributed by atoms with Gasteiger partial charge in [-0.1, -0.05) is 12.1 Å². The zero-order valence-corrected chi connectivity index (χ0v) is 14.8. The highest BCUT2D eigenvalue weighted by Crippen LogP contribution is 2.39. The van der Waals surface area contributed by atoms with Crippen LogP contribution >= 0.6 is 0 Å². The van der Waals surface area contributed by atoms with E-state index in [2.05, 4.69) is 10.3 Å². The number of imidazole rings is 1. The van der Waals surface area contributed by atoms with E-state index in [-0.39, 0.29) is 12.2 Å². The molecule has 138 valence electrons. The van der Waals surface area contributed by atoms with Gasteiger partial charge in [-0.2, -0.15) is 0 Å². The summed E-state index contributed by atoms with van der Waals surface area (Å²) in [5.74, 6) is -1.47. The third kappa shape index (κ3) is 2.85. The molecule has 0 amide bonds. The van der Waals surface area contributed by atoms with E-state index in [9.17, 15) is 13.6 Å². The van der Waals surface area contributed by atoms with Crippen LogP contribution in [0.15, 0.2) is 53.7 Å². The number of halogens is 2. The Balaban J connectivity index is 2.01. The molecule has 1 aliphatic heterocycles. The lowest BCUT2D eigenvalue weighted by Crippen LogP contribution is -2.29. The summed E-state index contributed by atoms with van der Waals surface area (Å²) in [6, 6.07) is 9.87. The first-order valence-electron chi connectivity index (χ1n) is 8.57. The van der Waals surface area contributed by atoms with Crippen molar-refractivity contribution in [3.8, 4) is 0 Å². The Bertz CT molecular complexity index is 1070. The Labute approximate surface area is 154 Å². The number of ether oxygens (including phenoxy) is 1. The standard InChI is InChI=1S/C20H17F2N3O2/c1-3-27-19(26)17-11(2)23-20-24-15-6-4-5-7-16(15)25(20)18(17)12-8-13(21)10-14(22)9-12/h4-10,18H,3H2,1-2H3,(H,23,24)/t18-/m0/s1. The van der Waals surface area contributed by atoms with Crippen LogP contribution in [0, 0.1) is 11.6 Å². The van der Waals surface area contributed by atoms with Crippen LogP contribution in [-0.2, 0) is 9.53 Å². The van der Waals surface area contributed by atoms with Gasteiger partial charge in [0, 0.05) is 11.8 Å². The zero-order valence-electron chi connectivity index (χ0n) is 14.8. The first-order valence-corrected chi connectivity index (χ1v) is 8.57. The molecule has 2 heterocycles. The van der Waals surface area contributed by atoms with Crippen molar-refractivity contribution in [1.29, 1.82) is 0 Å². The molecule has 1 N–H and O–H groups in total. The van der Waals surface area contributed by atoms with E-state index >= 15 is 0 Å². The third-order valence-electron chi connectivity index (χ3n) is 4.53. The van der Waals surface area contributed by atoms with Crippen molar-refractivity contribution in [1.82, 2.24) is 9.55 Å². The van der Waals surface area contributed by atoms with Crippen molar-refractivity contribution in [2.45, 2.75) is 19.9 Å². The fourth-order valence-corrected chi connectivity index (χ4v) is 3.49. The van der Waals surface area contributed by atoms with E-state index in [0.29, 0.717) is 22.7 Å². The van der Waals surface area contributed by atoms with E-state index in [1.165, 1.54) is 12.1 Å². The summed E-state index contributed by atoms with van der Waals surface area (Å²) < 4.78 is 34.9. The normalized spacial score (nSPS) is 16.2. The molecule has 5 nitrogen and oxygen atoms in total. The quantitative estimate of drug-likeness (QED) is 0.704. The van der Waals surface area contributed by atoms with Gasteiger partial charge in [-0.05, 0) is 43.7 Å². The minimum Gasteiger partial charge on any atom is -0.463 e. The number of rotatable bonds is 3. The maximum absolute atomic E-state index is 14.0. The summed E-state index contributed by atoms with van der Waals surface area (Å²) >= 11 is 0. The Hall–Kier alpha value is -3.22. The number of nitrogens with one attached hydrogen (secondary N) is 1. The van der Waals surface area contributed by atoms with Crippen LogP contribution in [0.2, 0.25) is 0 Å². The Kier molecular flexibility index (Phi) is 4.14. The van der Waals surface area contributed by atoms with Crippen molar-refractivity contribution in [3.05, 3.63) is 70.9 Å². The lowest BCUT2D eigenvalue weighted by atomic mass is 9.95. The highest BCUT2D eigenvalue weighted by atomic mass is 19.1. The molecule has 0 fully saturated rings. The van der Waals surface area contributed by atoms with E-state index in [1.807, 2.05) is 24.3 Å². The average Bonchev–Trinajstić information content (AvgIpc) is 2.97. The Morgan fingerprint density at radius 1 is 1.22 bits per heavy atom. The first kappa shape index (κ1) is 17.2. The molecule has 1 atom stereocenters. The minimum atomic E-state index is -0.766. The number of para-hydroxylation sites is 2. The molecule has 0 unspecified atom stereocenters. The monoisotopic (exact) mass is 369 g/mol. The summed E-state index contributed by atoms with van der Waals surface area (Å²) in [4.78, 5) is 17.2. The van der Waals surface area contributed by atoms with E-state index in [1.54, 1.807) is 18.4 Å². The van der Waals surface area contributed by atoms with Gasteiger partial charge in [0.25, 0.3) is 0 Å². The average molecular weight is 369 g/mol. The number of hydrogen-bond donors (Lipinski definition) is 1. The maximum Gasteiger partial charge on any atom is 0.338 e. The van der Waals surface area contributed by atoms with Crippen molar-refractivity contribution in [2.75, 3.05) is 11.9 Å². The van der Waals surface area contributed by atoms with E-state index < -0.39 is 23.6 Å². The zero-order chi connectivity index (χ0) is 19.1. The molecular weight excluding hydrogens is 352 g/mol. The number of carbonyl (C=O) groups is 1. The van der Waals surface area contributed by atoms with Crippen LogP contribution in [-0.4, -0.2) is 22.1 Å². The number of esters is 1. The second kappa shape index (κ2) is 6.50. The molecule has 2 aromatic carbocycles. The smallest absolute Gasteiger partial charge is 0.338 e. The van der Waals surface area contributed by atoms with E-state index in [4.69, 9.17) is 4.74 Å². The summed E-state index contributed by atoms with van der Waals surface area (Å²) in [6.45, 7) is 3.62. The number of allylic oxidation sites excluding steroid dienone is 1. The second-order valence-electron chi connectivity index (χ2n) is 6.28. The van der Waals surface area contributed by atoms with Gasteiger partial charge in [0.15, 0.2) is 0 Å². The summed E-state index contributed by atoms with van der Waals surface area (Å²) in [7, 11) is 0. The molecule has 0 saturated carbocycles. The number of hydrogen-bond acceptors (Lipinski definition) is 4. The largest absolute Gasteiger partial charge is 0.463 e. The molecule has 27 heavy (non-hydrogen) atoms. The van der Waals surface area contributed by atoms with Gasteiger partial charge in [-0.15, -0.1) is 0 Å². The number of carbonyl (C=O) groups excluding carboxylic acids is 1. The molecule has 1 aromatic heterocycles. The molecule has 1 aliphatic rings. The van der Waals surface area contributed by atoms with Crippen LogP contribution in [0.1, 0.15) is 25.5 Å². The summed E-state index contributed by atoms with van der Waals surface area (Å²) in [6.07, 6.45) is 0. The molecule has 7 heteroatoms. The molecule has 0 radical (unpaired) electrons. The van der Waals surface area contributed by atoms with Crippen LogP contribution in [0.25, 0.3) is 11.0 Å². The van der Waals surface area contributed by atoms with Crippen molar-refractivity contribution < 1.29 is 18.3 Å². The number of nitrogens with zero attached hydrogens (tertiary/aromatic N) is 2. The Morgan fingerprint density at radius 2 is 1.93 bits per heavy atom. The van der Waals surface area contributed by atoms with Gasteiger partial charge in [-0.3, -0.25) is 4.57 Å². The van der Waals surface area contributed by atoms with E-state index in [0.717, 1.165) is 11.6 Å². The predicted molar refractivity (Wildman–Crippen MR) is 97.2 cm³/mol. The second-order valence-corrected chi connectivity index (χ2v) is 6.28. The topological polar surface area (TPSA) is 56.1 Å². The molecule has 0 aliphatic carbocycles. The predicted octanol–water partition coefficient (Wildman–Crippen LogP) is 4.17. The van der Waals surface area contributed by atoms with Gasteiger partial charge >= 0.3 is 5.97 Å². The lowest BCUT2D eigenvalue weighted by Gasteiger charge is -2.30. The fraction of sp³-hybridized carbons (Fsp3) is 0.200. The third-order valence-corrected chi connectivity index (χ3v) is 4.53. The molecular formula is C20H17F2N3O2. The van der Waals surface area contributed by atoms with Crippen LogP contribution < -0.4 is 5.32 Å².